The Hall–Kier alpha value is -1.97. The normalized spacial score (nSPS) is 9.71. The number of allylic oxidation sites excluding steroid dienone is 1. The Morgan fingerprint density at radius 3 is 2.82 bits per heavy atom. The van der Waals surface area contributed by atoms with Gasteiger partial charge < -0.3 is 14.6 Å². The predicted molar refractivity (Wildman–Crippen MR) is 64.9 cm³/mol. The number of hydrogen-bond acceptors (Lipinski definition) is 3. The number of unbranched alkanes of at least 4 members (excludes halogenated alkanes) is 1. The molecule has 4 nitrogen and oxygen atoms in total. The molecule has 0 unspecified atom stereocenters. The van der Waals surface area contributed by atoms with Gasteiger partial charge in [0.15, 0.2) is 11.5 Å². The van der Waals surface area contributed by atoms with Crippen molar-refractivity contribution in [3.05, 3.63) is 36.4 Å². The first kappa shape index (κ1) is 13.1. The van der Waals surface area contributed by atoms with Crippen molar-refractivity contribution < 1.29 is 19.4 Å². The van der Waals surface area contributed by atoms with E-state index >= 15 is 0 Å². The Bertz CT molecular complexity index is 398. The summed E-state index contributed by atoms with van der Waals surface area (Å²) in [5, 5.41) is 8.87. The van der Waals surface area contributed by atoms with E-state index in [2.05, 4.69) is 6.58 Å². The quantitative estimate of drug-likeness (QED) is 0.584. The number of ether oxygens (including phenoxy) is 2. The van der Waals surface area contributed by atoms with Crippen molar-refractivity contribution in [2.45, 2.75) is 12.8 Å². The van der Waals surface area contributed by atoms with Gasteiger partial charge >= 0.3 is 5.97 Å². The van der Waals surface area contributed by atoms with Crippen LogP contribution in [0.1, 0.15) is 23.2 Å². The van der Waals surface area contributed by atoms with Gasteiger partial charge in [-0.2, -0.15) is 0 Å². The molecule has 0 aliphatic rings. The fraction of sp³-hybridized carbons (Fsp3) is 0.308. The summed E-state index contributed by atoms with van der Waals surface area (Å²) < 4.78 is 10.6. The first-order chi connectivity index (χ1) is 8.19. The minimum absolute atomic E-state index is 0.185. The maximum Gasteiger partial charge on any atom is 0.335 e. The second-order valence-electron chi connectivity index (χ2n) is 3.45. The van der Waals surface area contributed by atoms with E-state index in [0.29, 0.717) is 18.1 Å². The van der Waals surface area contributed by atoms with Crippen LogP contribution in [0.25, 0.3) is 0 Å². The lowest BCUT2D eigenvalue weighted by atomic mass is 10.2. The van der Waals surface area contributed by atoms with Gasteiger partial charge in [0.25, 0.3) is 0 Å². The Morgan fingerprint density at radius 2 is 2.24 bits per heavy atom. The number of methoxy groups -OCH3 is 1. The van der Waals surface area contributed by atoms with E-state index < -0.39 is 5.97 Å². The zero-order valence-electron chi connectivity index (χ0n) is 9.81. The lowest BCUT2D eigenvalue weighted by Crippen LogP contribution is -2.02. The molecule has 0 atom stereocenters. The Morgan fingerprint density at radius 1 is 1.47 bits per heavy atom. The van der Waals surface area contributed by atoms with Crippen LogP contribution in [0.15, 0.2) is 30.9 Å². The van der Waals surface area contributed by atoms with E-state index in [1.165, 1.54) is 19.2 Å². The summed E-state index contributed by atoms with van der Waals surface area (Å²) in [6, 6.07) is 4.54. The summed E-state index contributed by atoms with van der Waals surface area (Å²) in [6.45, 7) is 4.12. The zero-order valence-corrected chi connectivity index (χ0v) is 9.81. The van der Waals surface area contributed by atoms with Gasteiger partial charge in [-0.25, -0.2) is 4.79 Å². The fourth-order valence-electron chi connectivity index (χ4n) is 1.33. The SMILES string of the molecule is C=CCCCOc1cc(C(=O)O)ccc1OC. The molecule has 92 valence electrons. The molecular formula is C13H16O4. The van der Waals surface area contributed by atoms with E-state index in [1.54, 1.807) is 6.07 Å². The minimum atomic E-state index is -0.983. The van der Waals surface area contributed by atoms with E-state index in [0.717, 1.165) is 12.8 Å². The Labute approximate surface area is 100 Å². The largest absolute Gasteiger partial charge is 0.493 e. The minimum Gasteiger partial charge on any atom is -0.493 e. The highest BCUT2D eigenvalue weighted by Crippen LogP contribution is 2.28. The van der Waals surface area contributed by atoms with Crippen LogP contribution in [0, 0.1) is 0 Å². The fourth-order valence-corrected chi connectivity index (χ4v) is 1.33. The molecule has 0 spiro atoms. The van der Waals surface area contributed by atoms with E-state index in [-0.39, 0.29) is 5.56 Å². The maximum atomic E-state index is 10.8. The van der Waals surface area contributed by atoms with Crippen LogP contribution in [0.4, 0.5) is 0 Å². The molecule has 0 fully saturated rings. The lowest BCUT2D eigenvalue weighted by Gasteiger charge is -2.10. The molecule has 1 N–H and O–H groups in total. The maximum absolute atomic E-state index is 10.8. The monoisotopic (exact) mass is 236 g/mol. The first-order valence-electron chi connectivity index (χ1n) is 5.34. The van der Waals surface area contributed by atoms with Gasteiger partial charge in [0.05, 0.1) is 19.3 Å². The van der Waals surface area contributed by atoms with Gasteiger partial charge in [-0.3, -0.25) is 0 Å². The molecule has 0 heterocycles. The van der Waals surface area contributed by atoms with E-state index in [9.17, 15) is 4.79 Å². The van der Waals surface area contributed by atoms with Crippen molar-refractivity contribution in [2.24, 2.45) is 0 Å². The highest BCUT2D eigenvalue weighted by Gasteiger charge is 2.09. The smallest absolute Gasteiger partial charge is 0.335 e. The van der Waals surface area contributed by atoms with Crippen LogP contribution >= 0.6 is 0 Å². The van der Waals surface area contributed by atoms with Crippen molar-refractivity contribution in [1.82, 2.24) is 0 Å². The molecule has 1 rings (SSSR count). The molecule has 0 aliphatic heterocycles. The number of rotatable bonds is 7. The van der Waals surface area contributed by atoms with Crippen LogP contribution in [0.5, 0.6) is 11.5 Å². The van der Waals surface area contributed by atoms with Gasteiger partial charge in [-0.1, -0.05) is 6.08 Å². The third-order valence-corrected chi connectivity index (χ3v) is 2.22. The van der Waals surface area contributed by atoms with Gasteiger partial charge in [-0.05, 0) is 31.0 Å². The molecule has 17 heavy (non-hydrogen) atoms. The molecule has 0 amide bonds. The standard InChI is InChI=1S/C13H16O4/c1-3-4-5-8-17-12-9-10(13(14)15)6-7-11(12)16-2/h3,6-7,9H,1,4-5,8H2,2H3,(H,14,15). The summed E-state index contributed by atoms with van der Waals surface area (Å²) in [6.07, 6.45) is 3.51. The van der Waals surface area contributed by atoms with Crippen molar-refractivity contribution in [2.75, 3.05) is 13.7 Å². The number of carboxylic acids is 1. The van der Waals surface area contributed by atoms with Crippen LogP contribution in [0.2, 0.25) is 0 Å². The molecule has 0 bridgehead atoms. The van der Waals surface area contributed by atoms with Gasteiger partial charge in [0, 0.05) is 0 Å². The van der Waals surface area contributed by atoms with Crippen molar-refractivity contribution >= 4 is 5.97 Å². The summed E-state index contributed by atoms with van der Waals surface area (Å²) in [5.74, 6) is 0.00802. The molecule has 0 aliphatic carbocycles. The molecule has 1 aromatic carbocycles. The van der Waals surface area contributed by atoms with E-state index in [4.69, 9.17) is 14.6 Å². The lowest BCUT2D eigenvalue weighted by molar-refractivity contribution is 0.0696. The number of carboxylic acid groups (broad SMARTS) is 1. The van der Waals surface area contributed by atoms with Gasteiger partial charge in [0.1, 0.15) is 0 Å². The van der Waals surface area contributed by atoms with Gasteiger partial charge in [0.2, 0.25) is 0 Å². The highest BCUT2D eigenvalue weighted by molar-refractivity contribution is 5.88. The number of aromatic carboxylic acids is 1. The van der Waals surface area contributed by atoms with Crippen LogP contribution in [0.3, 0.4) is 0 Å². The summed E-state index contributed by atoms with van der Waals surface area (Å²) in [4.78, 5) is 10.8. The average molecular weight is 236 g/mol. The number of hydrogen-bond donors (Lipinski definition) is 1. The molecule has 0 aromatic heterocycles. The Kier molecular flexibility index (Phi) is 5.07. The third kappa shape index (κ3) is 3.83. The van der Waals surface area contributed by atoms with Crippen molar-refractivity contribution in [1.29, 1.82) is 0 Å². The van der Waals surface area contributed by atoms with Crippen LogP contribution < -0.4 is 9.47 Å². The Balaban J connectivity index is 2.75. The summed E-state index contributed by atoms with van der Waals surface area (Å²) >= 11 is 0. The second-order valence-corrected chi connectivity index (χ2v) is 3.45. The molecule has 0 saturated heterocycles. The number of benzene rings is 1. The predicted octanol–water partition coefficient (Wildman–Crippen LogP) is 2.74. The summed E-state index contributed by atoms with van der Waals surface area (Å²) in [5.41, 5.74) is 0.185. The number of carbonyl (C=O) groups is 1. The second kappa shape index (κ2) is 6.58. The molecule has 0 radical (unpaired) electrons. The molecular weight excluding hydrogens is 220 g/mol. The zero-order chi connectivity index (χ0) is 12.7. The highest BCUT2D eigenvalue weighted by atomic mass is 16.5. The first-order valence-corrected chi connectivity index (χ1v) is 5.34. The van der Waals surface area contributed by atoms with Crippen LogP contribution in [-0.4, -0.2) is 24.8 Å². The molecule has 0 saturated carbocycles. The van der Waals surface area contributed by atoms with E-state index in [1.807, 2.05) is 6.08 Å². The molecule has 4 heteroatoms. The van der Waals surface area contributed by atoms with Gasteiger partial charge in [-0.15, -0.1) is 6.58 Å². The topological polar surface area (TPSA) is 55.8 Å². The van der Waals surface area contributed by atoms with Crippen molar-refractivity contribution in [3.63, 3.8) is 0 Å². The average Bonchev–Trinajstić information content (AvgIpc) is 2.34. The van der Waals surface area contributed by atoms with Crippen molar-refractivity contribution in [3.8, 4) is 11.5 Å². The van der Waals surface area contributed by atoms with Crippen LogP contribution in [-0.2, 0) is 0 Å². The third-order valence-electron chi connectivity index (χ3n) is 2.22. The summed E-state index contributed by atoms with van der Waals surface area (Å²) in [7, 11) is 1.52. The molecule has 1 aromatic rings.